The Morgan fingerprint density at radius 1 is 0.972 bits per heavy atom. The molecule has 0 atom stereocenters. The van der Waals surface area contributed by atoms with Crippen molar-refractivity contribution in [3.05, 3.63) is 58.3 Å². The van der Waals surface area contributed by atoms with E-state index < -0.39 is 5.97 Å². The van der Waals surface area contributed by atoms with Crippen LogP contribution in [0.5, 0.6) is 0 Å². The number of carbonyl (C=O) groups is 3. The lowest BCUT2D eigenvalue weighted by Crippen LogP contribution is -2.44. The van der Waals surface area contributed by atoms with Gasteiger partial charge in [0.05, 0.1) is 32.7 Å². The van der Waals surface area contributed by atoms with Crippen LogP contribution in [0.25, 0.3) is 0 Å². The highest BCUT2D eigenvalue weighted by Gasteiger charge is 2.22. The van der Waals surface area contributed by atoms with E-state index in [4.69, 9.17) is 9.47 Å². The summed E-state index contributed by atoms with van der Waals surface area (Å²) in [4.78, 5) is 41.2. The molecule has 0 fully saturated rings. The first-order chi connectivity index (χ1) is 17.4. The third kappa shape index (κ3) is 10.1. The van der Waals surface area contributed by atoms with Gasteiger partial charge in [-0.3, -0.25) is 14.4 Å². The van der Waals surface area contributed by atoms with Crippen LogP contribution in [-0.4, -0.2) is 72.1 Å². The number of hydrogen-bond acceptors (Lipinski definition) is 5. The zero-order valence-corrected chi connectivity index (χ0v) is 23.2. The molecule has 8 nitrogen and oxygen atoms in total. The zero-order valence-electron chi connectivity index (χ0n) is 21.6. The minimum Gasteiger partial charge on any atom is -0.466 e. The van der Waals surface area contributed by atoms with Gasteiger partial charge >= 0.3 is 5.97 Å². The summed E-state index contributed by atoms with van der Waals surface area (Å²) in [6.07, 6.45) is 3.83. The molecule has 1 heterocycles. The van der Waals surface area contributed by atoms with E-state index in [-0.39, 0.29) is 44.4 Å². The Balaban J connectivity index is 2.10. The van der Waals surface area contributed by atoms with Gasteiger partial charge in [-0.15, -0.1) is 0 Å². The van der Waals surface area contributed by atoms with E-state index >= 15 is 0 Å². The molecule has 0 unspecified atom stereocenters. The van der Waals surface area contributed by atoms with Gasteiger partial charge in [-0.25, -0.2) is 0 Å². The van der Waals surface area contributed by atoms with Crippen molar-refractivity contribution in [1.82, 2.24) is 14.4 Å². The van der Waals surface area contributed by atoms with E-state index in [9.17, 15) is 14.4 Å². The molecule has 9 heteroatoms. The monoisotopic (exact) mass is 563 g/mol. The maximum Gasteiger partial charge on any atom is 0.306 e. The molecule has 2 rings (SSSR count). The first-order valence-corrected chi connectivity index (χ1v) is 13.3. The lowest BCUT2D eigenvalue weighted by atomic mass is 10.2. The summed E-state index contributed by atoms with van der Waals surface area (Å²) in [7, 11) is 1.55. The summed E-state index contributed by atoms with van der Waals surface area (Å²) >= 11 is 3.47. The van der Waals surface area contributed by atoms with Crippen molar-refractivity contribution in [2.75, 3.05) is 40.0 Å². The Morgan fingerprint density at radius 2 is 1.72 bits per heavy atom. The number of unbranched alkanes of at least 4 members (excludes halogenated alkanes) is 1. The molecule has 2 aromatic rings. The van der Waals surface area contributed by atoms with Crippen molar-refractivity contribution in [3.8, 4) is 0 Å². The largest absolute Gasteiger partial charge is 0.466 e. The van der Waals surface area contributed by atoms with Crippen molar-refractivity contribution in [2.24, 2.45) is 0 Å². The van der Waals surface area contributed by atoms with Gasteiger partial charge in [0.15, 0.2) is 0 Å². The Morgan fingerprint density at radius 3 is 2.39 bits per heavy atom. The van der Waals surface area contributed by atoms with Crippen LogP contribution in [0, 0.1) is 0 Å². The summed E-state index contributed by atoms with van der Waals surface area (Å²) < 4.78 is 13.2. The second-order valence-corrected chi connectivity index (χ2v) is 9.45. The van der Waals surface area contributed by atoms with Crippen LogP contribution in [-0.2, 0) is 36.9 Å². The van der Waals surface area contributed by atoms with E-state index in [2.05, 4.69) is 39.6 Å². The van der Waals surface area contributed by atoms with Crippen molar-refractivity contribution in [2.45, 2.75) is 52.6 Å². The van der Waals surface area contributed by atoms with Crippen molar-refractivity contribution in [3.63, 3.8) is 0 Å². The van der Waals surface area contributed by atoms with Crippen molar-refractivity contribution < 1.29 is 23.9 Å². The fourth-order valence-electron chi connectivity index (χ4n) is 3.73. The molecule has 0 N–H and O–H groups in total. The molecule has 0 aliphatic heterocycles. The Kier molecular flexibility index (Phi) is 13.3. The number of halogens is 1. The number of carbonyl (C=O) groups excluding carboxylic acids is 3. The van der Waals surface area contributed by atoms with Crippen LogP contribution in [0.2, 0.25) is 0 Å². The van der Waals surface area contributed by atoms with Crippen LogP contribution in [0.4, 0.5) is 0 Å². The van der Waals surface area contributed by atoms with Gasteiger partial charge in [-0.05, 0) is 43.2 Å². The molecule has 0 bridgehead atoms. The fraction of sp³-hybridized carbons (Fsp3) is 0.519. The van der Waals surface area contributed by atoms with Gasteiger partial charge in [0, 0.05) is 49.5 Å². The number of amides is 2. The molecule has 0 radical (unpaired) electrons. The number of nitrogens with zero attached hydrogens (tertiary/aromatic N) is 3. The SMILES string of the molecule is CCCCN(Cc1cccn1Cc1ccc(Br)cc1)C(=O)CN(CCOC)C(=O)CCC(=O)OCC. The molecular weight excluding hydrogens is 526 g/mol. The van der Waals surface area contributed by atoms with Gasteiger partial charge < -0.3 is 23.8 Å². The third-order valence-corrected chi connectivity index (χ3v) is 6.30. The van der Waals surface area contributed by atoms with E-state index in [1.807, 2.05) is 35.4 Å². The molecule has 0 aliphatic rings. The molecule has 0 aliphatic carbocycles. The van der Waals surface area contributed by atoms with E-state index in [1.165, 1.54) is 10.5 Å². The second-order valence-electron chi connectivity index (χ2n) is 8.54. The quantitative estimate of drug-likeness (QED) is 0.285. The molecule has 2 amide bonds. The Hall–Kier alpha value is -2.65. The molecule has 0 saturated heterocycles. The van der Waals surface area contributed by atoms with Gasteiger partial charge in [0.25, 0.3) is 0 Å². The minimum absolute atomic E-state index is 0.000822. The first-order valence-electron chi connectivity index (χ1n) is 12.5. The summed E-state index contributed by atoms with van der Waals surface area (Å²) in [5.74, 6) is -0.803. The van der Waals surface area contributed by atoms with Gasteiger partial charge in [0.1, 0.15) is 0 Å². The molecule has 1 aromatic carbocycles. The molecular formula is C27H38BrN3O5. The number of hydrogen-bond donors (Lipinski definition) is 0. The molecule has 0 saturated carbocycles. The van der Waals surface area contributed by atoms with E-state index in [1.54, 1.807) is 14.0 Å². The number of esters is 1. The standard InChI is InChI=1S/C27H38BrN3O5/c1-4-6-15-30(20-24-8-7-16-29(24)19-22-9-11-23(28)12-10-22)26(33)21-31(17-18-35-3)25(32)13-14-27(34)36-5-2/h7-12,16H,4-6,13-15,17-21H2,1-3H3. The normalized spacial score (nSPS) is 10.8. The Bertz CT molecular complexity index is 961. The Labute approximate surface area is 222 Å². The maximum atomic E-state index is 13.4. The minimum atomic E-state index is -0.417. The topological polar surface area (TPSA) is 81.1 Å². The number of ether oxygens (including phenoxy) is 2. The number of aromatic nitrogens is 1. The summed E-state index contributed by atoms with van der Waals surface area (Å²) in [6, 6.07) is 12.2. The zero-order chi connectivity index (χ0) is 26.3. The highest BCUT2D eigenvalue weighted by Crippen LogP contribution is 2.15. The highest BCUT2D eigenvalue weighted by molar-refractivity contribution is 9.10. The third-order valence-electron chi connectivity index (χ3n) is 5.77. The number of methoxy groups -OCH3 is 1. The molecule has 1 aromatic heterocycles. The fourth-order valence-corrected chi connectivity index (χ4v) is 3.99. The summed E-state index contributed by atoms with van der Waals surface area (Å²) in [5, 5.41) is 0. The number of benzene rings is 1. The molecule has 0 spiro atoms. The molecule has 36 heavy (non-hydrogen) atoms. The van der Waals surface area contributed by atoms with E-state index in [0.29, 0.717) is 26.2 Å². The smallest absolute Gasteiger partial charge is 0.306 e. The van der Waals surface area contributed by atoms with Crippen LogP contribution >= 0.6 is 15.9 Å². The van der Waals surface area contributed by atoms with Gasteiger partial charge in [-0.2, -0.15) is 0 Å². The highest BCUT2D eigenvalue weighted by atomic mass is 79.9. The number of rotatable bonds is 16. The lowest BCUT2D eigenvalue weighted by Gasteiger charge is -2.28. The van der Waals surface area contributed by atoms with Crippen LogP contribution in [0.1, 0.15) is 50.8 Å². The second kappa shape index (κ2) is 16.2. The summed E-state index contributed by atoms with van der Waals surface area (Å²) in [6.45, 7) is 6.39. The molecule has 198 valence electrons. The predicted octanol–water partition coefficient (Wildman–Crippen LogP) is 4.25. The van der Waals surface area contributed by atoms with Gasteiger partial charge in [0.2, 0.25) is 11.8 Å². The van der Waals surface area contributed by atoms with Crippen LogP contribution < -0.4 is 0 Å². The van der Waals surface area contributed by atoms with Crippen molar-refractivity contribution >= 4 is 33.7 Å². The summed E-state index contributed by atoms with van der Waals surface area (Å²) in [5.41, 5.74) is 2.19. The first kappa shape index (κ1) is 29.6. The maximum absolute atomic E-state index is 13.4. The lowest BCUT2D eigenvalue weighted by molar-refractivity contribution is -0.146. The van der Waals surface area contributed by atoms with Crippen molar-refractivity contribution in [1.29, 1.82) is 0 Å². The van der Waals surface area contributed by atoms with Crippen LogP contribution in [0.3, 0.4) is 0 Å². The predicted molar refractivity (Wildman–Crippen MR) is 142 cm³/mol. The van der Waals surface area contributed by atoms with Crippen LogP contribution in [0.15, 0.2) is 47.1 Å². The average Bonchev–Trinajstić information content (AvgIpc) is 3.30. The average molecular weight is 565 g/mol. The van der Waals surface area contributed by atoms with Gasteiger partial charge in [-0.1, -0.05) is 41.4 Å². The van der Waals surface area contributed by atoms with E-state index in [0.717, 1.165) is 23.0 Å².